The maximum atomic E-state index is 13.3. The number of thiophene rings is 1. The summed E-state index contributed by atoms with van der Waals surface area (Å²) in [6.45, 7) is 0.815. The summed E-state index contributed by atoms with van der Waals surface area (Å²) in [6.07, 6.45) is 0.685. The van der Waals surface area contributed by atoms with Crippen LogP contribution >= 0.6 is 22.9 Å². The Labute approximate surface area is 188 Å². The van der Waals surface area contributed by atoms with Crippen molar-refractivity contribution in [2.24, 2.45) is 0 Å². The number of carbonyl (C=O) groups excluding carboxylic acids is 2. The number of fused-ring (bicyclic) bond motifs is 1. The maximum absolute atomic E-state index is 13.3. The van der Waals surface area contributed by atoms with Gasteiger partial charge in [-0.25, -0.2) is 14.5 Å². The molecule has 0 radical (unpaired) electrons. The van der Waals surface area contributed by atoms with E-state index in [2.05, 4.69) is 0 Å². The lowest BCUT2D eigenvalue weighted by Crippen LogP contribution is -2.56. The van der Waals surface area contributed by atoms with Gasteiger partial charge in [0.1, 0.15) is 11.3 Å². The van der Waals surface area contributed by atoms with Crippen LogP contribution < -0.4 is 0 Å². The van der Waals surface area contributed by atoms with E-state index in [1.807, 2.05) is 11.4 Å². The number of hydrogen-bond donors (Lipinski definition) is 1. The summed E-state index contributed by atoms with van der Waals surface area (Å²) >= 11 is 8.15. The van der Waals surface area contributed by atoms with E-state index in [1.54, 1.807) is 52.6 Å². The molecule has 1 aliphatic heterocycles. The largest absolute Gasteiger partial charge is 0.507 e. The first kappa shape index (κ1) is 21.4. The Kier molecular flexibility index (Phi) is 6.00. The van der Waals surface area contributed by atoms with Crippen LogP contribution in [0, 0.1) is 0 Å². The summed E-state index contributed by atoms with van der Waals surface area (Å²) in [7, 11) is 1.24. The Balaban J connectivity index is 1.86. The highest BCUT2D eigenvalue weighted by Gasteiger charge is 2.53. The molecular formula is C23H20ClNO5S. The quantitative estimate of drug-likeness (QED) is 0.574. The number of ether oxygens (including phenoxy) is 2. The van der Waals surface area contributed by atoms with Crippen LogP contribution in [-0.4, -0.2) is 35.6 Å². The van der Waals surface area contributed by atoms with Gasteiger partial charge in [-0.3, -0.25) is 0 Å². The number of phenols is 1. The number of para-hydroxylation sites is 1. The normalized spacial score (nSPS) is 15.5. The van der Waals surface area contributed by atoms with Crippen molar-refractivity contribution in [3.8, 4) is 5.75 Å². The fraction of sp³-hybridized carbons (Fsp3) is 0.217. The SMILES string of the molecule is COC(=O)[C@@](OC(=O)c1ccccc1O)(c1ccccc1Cl)N1CCc2sccc2C1. The Morgan fingerprint density at radius 1 is 1.13 bits per heavy atom. The van der Waals surface area contributed by atoms with Gasteiger partial charge in [0.2, 0.25) is 0 Å². The van der Waals surface area contributed by atoms with Crippen LogP contribution in [0.25, 0.3) is 0 Å². The molecule has 3 aromatic rings. The first-order valence-corrected chi connectivity index (χ1v) is 10.9. The molecule has 1 aliphatic rings. The van der Waals surface area contributed by atoms with E-state index in [1.165, 1.54) is 24.1 Å². The molecule has 0 amide bonds. The van der Waals surface area contributed by atoms with Crippen molar-refractivity contribution in [3.63, 3.8) is 0 Å². The zero-order valence-corrected chi connectivity index (χ0v) is 18.3. The average Bonchev–Trinajstić information content (AvgIpc) is 3.25. The molecular weight excluding hydrogens is 438 g/mol. The fourth-order valence-electron chi connectivity index (χ4n) is 3.80. The highest BCUT2D eigenvalue weighted by molar-refractivity contribution is 7.10. The third-order valence-corrected chi connectivity index (χ3v) is 6.67. The summed E-state index contributed by atoms with van der Waals surface area (Å²) < 4.78 is 11.1. The molecule has 0 saturated carbocycles. The fourth-order valence-corrected chi connectivity index (χ4v) is 4.95. The number of benzene rings is 2. The highest BCUT2D eigenvalue weighted by Crippen LogP contribution is 2.41. The Morgan fingerprint density at radius 3 is 2.61 bits per heavy atom. The van der Waals surface area contributed by atoms with Gasteiger partial charge in [-0.15, -0.1) is 11.3 Å². The molecule has 0 saturated heterocycles. The third-order valence-electron chi connectivity index (χ3n) is 5.32. The van der Waals surface area contributed by atoms with E-state index in [-0.39, 0.29) is 16.3 Å². The molecule has 2 heterocycles. The van der Waals surface area contributed by atoms with E-state index in [0.717, 1.165) is 5.56 Å². The molecule has 0 bridgehead atoms. The second-order valence-electron chi connectivity index (χ2n) is 7.06. The number of esters is 2. The van der Waals surface area contributed by atoms with Crippen LogP contribution in [0.4, 0.5) is 0 Å². The molecule has 0 unspecified atom stereocenters. The number of hydrogen-bond acceptors (Lipinski definition) is 7. The minimum Gasteiger partial charge on any atom is -0.507 e. The van der Waals surface area contributed by atoms with Gasteiger partial charge in [-0.1, -0.05) is 41.9 Å². The number of phenolic OH excluding ortho intramolecular Hbond substituents is 1. The lowest BCUT2D eigenvalue weighted by molar-refractivity contribution is -0.193. The molecule has 0 spiro atoms. The molecule has 1 N–H and O–H groups in total. The average molecular weight is 458 g/mol. The van der Waals surface area contributed by atoms with Gasteiger partial charge in [-0.05, 0) is 41.6 Å². The molecule has 6 nitrogen and oxygen atoms in total. The van der Waals surface area contributed by atoms with Crippen LogP contribution in [0.1, 0.15) is 26.4 Å². The van der Waals surface area contributed by atoms with Gasteiger partial charge in [0.05, 0.1) is 7.11 Å². The number of nitrogens with zero attached hydrogens (tertiary/aromatic N) is 1. The van der Waals surface area contributed by atoms with E-state index in [0.29, 0.717) is 25.1 Å². The molecule has 2 aromatic carbocycles. The number of carbonyl (C=O) groups is 2. The van der Waals surface area contributed by atoms with E-state index in [9.17, 15) is 14.7 Å². The van der Waals surface area contributed by atoms with Crippen molar-refractivity contribution >= 4 is 34.9 Å². The Bertz CT molecular complexity index is 1130. The molecule has 1 atom stereocenters. The summed E-state index contributed by atoms with van der Waals surface area (Å²) in [6, 6.07) is 14.7. The first-order valence-electron chi connectivity index (χ1n) is 9.62. The first-order chi connectivity index (χ1) is 15.0. The van der Waals surface area contributed by atoms with Gasteiger partial charge >= 0.3 is 11.9 Å². The molecule has 1 aromatic heterocycles. The molecule has 0 aliphatic carbocycles. The lowest BCUT2D eigenvalue weighted by atomic mass is 9.96. The van der Waals surface area contributed by atoms with Gasteiger partial charge in [0.25, 0.3) is 5.72 Å². The van der Waals surface area contributed by atoms with E-state index in [4.69, 9.17) is 21.1 Å². The standard InChI is InChI=1S/C23H20ClNO5S/c1-29-22(28)23(17-7-3-4-8-18(17)24,25-12-10-20-15(14-25)11-13-31-20)30-21(27)16-6-2-5-9-19(16)26/h2-9,11,13,26H,10,12,14H2,1H3/t23-/m0/s1. The second-order valence-corrected chi connectivity index (χ2v) is 8.47. The highest BCUT2D eigenvalue weighted by atomic mass is 35.5. The summed E-state index contributed by atoms with van der Waals surface area (Å²) in [4.78, 5) is 29.5. The number of methoxy groups -OCH3 is 1. The zero-order chi connectivity index (χ0) is 22.0. The molecule has 8 heteroatoms. The van der Waals surface area contributed by atoms with Crippen molar-refractivity contribution in [3.05, 3.63) is 86.6 Å². The Hall–Kier alpha value is -2.87. The van der Waals surface area contributed by atoms with Crippen molar-refractivity contribution in [2.75, 3.05) is 13.7 Å². The predicted octanol–water partition coefficient (Wildman–Crippen LogP) is 4.35. The topological polar surface area (TPSA) is 76.1 Å². The van der Waals surface area contributed by atoms with Gasteiger partial charge < -0.3 is 14.6 Å². The molecule has 4 rings (SSSR count). The minimum absolute atomic E-state index is 0.0592. The third kappa shape index (κ3) is 3.80. The maximum Gasteiger partial charge on any atom is 0.371 e. The lowest BCUT2D eigenvalue weighted by Gasteiger charge is -2.42. The van der Waals surface area contributed by atoms with Crippen molar-refractivity contribution in [1.29, 1.82) is 0 Å². The molecule has 31 heavy (non-hydrogen) atoms. The van der Waals surface area contributed by atoms with Gasteiger partial charge in [0.15, 0.2) is 0 Å². The van der Waals surface area contributed by atoms with Gasteiger partial charge in [0, 0.05) is 28.6 Å². The summed E-state index contributed by atoms with van der Waals surface area (Å²) in [5, 5.41) is 12.4. The minimum atomic E-state index is -1.92. The van der Waals surface area contributed by atoms with Gasteiger partial charge in [-0.2, -0.15) is 0 Å². The van der Waals surface area contributed by atoms with Crippen LogP contribution in [-0.2, 0) is 33.0 Å². The number of halogens is 1. The monoisotopic (exact) mass is 457 g/mol. The van der Waals surface area contributed by atoms with E-state index >= 15 is 0 Å². The molecule has 0 fully saturated rings. The molecule has 160 valence electrons. The summed E-state index contributed by atoms with van der Waals surface area (Å²) in [5.41, 5.74) is -0.635. The number of aromatic hydroxyl groups is 1. The Morgan fingerprint density at radius 2 is 1.87 bits per heavy atom. The van der Waals surface area contributed by atoms with Crippen LogP contribution in [0.3, 0.4) is 0 Å². The second kappa shape index (κ2) is 8.70. The van der Waals surface area contributed by atoms with Crippen LogP contribution in [0.15, 0.2) is 60.0 Å². The zero-order valence-electron chi connectivity index (χ0n) is 16.7. The number of rotatable bonds is 5. The smallest absolute Gasteiger partial charge is 0.371 e. The predicted molar refractivity (Wildman–Crippen MR) is 117 cm³/mol. The van der Waals surface area contributed by atoms with Crippen molar-refractivity contribution in [1.82, 2.24) is 4.90 Å². The van der Waals surface area contributed by atoms with Crippen LogP contribution in [0.5, 0.6) is 5.75 Å². The summed E-state index contributed by atoms with van der Waals surface area (Å²) in [5.74, 6) is -1.88. The van der Waals surface area contributed by atoms with Crippen molar-refractivity contribution < 1.29 is 24.2 Å². The van der Waals surface area contributed by atoms with E-state index < -0.39 is 17.7 Å². The van der Waals surface area contributed by atoms with Crippen molar-refractivity contribution in [2.45, 2.75) is 18.7 Å². The van der Waals surface area contributed by atoms with Crippen LogP contribution in [0.2, 0.25) is 5.02 Å².